The van der Waals surface area contributed by atoms with Gasteiger partial charge >= 0.3 is 6.18 Å². The number of hydrogen-bond donors (Lipinski definition) is 1. The molecule has 0 spiro atoms. The van der Waals surface area contributed by atoms with Gasteiger partial charge in [-0.25, -0.2) is 4.68 Å². The van der Waals surface area contributed by atoms with E-state index in [9.17, 15) is 22.8 Å². The molecule has 0 saturated heterocycles. The number of hydrogen-bond acceptors (Lipinski definition) is 4. The summed E-state index contributed by atoms with van der Waals surface area (Å²) in [4.78, 5) is 26.0. The Morgan fingerprint density at radius 3 is 2.52 bits per heavy atom. The van der Waals surface area contributed by atoms with Crippen LogP contribution in [0.25, 0.3) is 5.69 Å². The molecule has 2 heterocycles. The van der Waals surface area contributed by atoms with Crippen molar-refractivity contribution in [2.45, 2.75) is 32.9 Å². The highest BCUT2D eigenvalue weighted by Gasteiger charge is 2.30. The smallest absolute Gasteiger partial charge is 0.311 e. The van der Waals surface area contributed by atoms with E-state index < -0.39 is 17.6 Å². The van der Waals surface area contributed by atoms with Crippen molar-refractivity contribution in [3.63, 3.8) is 0 Å². The second-order valence-corrected chi connectivity index (χ2v) is 7.80. The number of alkyl halides is 3. The molecule has 0 aliphatic heterocycles. The Labute approximate surface area is 169 Å². The van der Waals surface area contributed by atoms with Gasteiger partial charge in [0.05, 0.1) is 21.8 Å². The molecule has 1 N–H and O–H groups in total. The van der Waals surface area contributed by atoms with Crippen molar-refractivity contribution in [2.75, 3.05) is 5.32 Å². The molecule has 0 atom stereocenters. The van der Waals surface area contributed by atoms with Gasteiger partial charge in [0.1, 0.15) is 5.82 Å². The van der Waals surface area contributed by atoms with Crippen LogP contribution in [0.5, 0.6) is 0 Å². The first-order chi connectivity index (χ1) is 13.6. The number of carbonyl (C=O) groups is 2. The summed E-state index contributed by atoms with van der Waals surface area (Å²) < 4.78 is 40.2. The van der Waals surface area contributed by atoms with Crippen LogP contribution < -0.4 is 5.32 Å². The van der Waals surface area contributed by atoms with Gasteiger partial charge in [0.25, 0.3) is 0 Å². The van der Waals surface area contributed by atoms with E-state index in [1.807, 2.05) is 13.0 Å². The molecular weight excluding hydrogens is 403 g/mol. The molecule has 0 fully saturated rings. The van der Waals surface area contributed by atoms with Gasteiger partial charge in [0.2, 0.25) is 5.91 Å². The first-order valence-corrected chi connectivity index (χ1v) is 9.59. The molecule has 3 rings (SSSR count). The molecule has 9 heteroatoms. The van der Waals surface area contributed by atoms with Crippen LogP contribution in [0.4, 0.5) is 19.0 Å². The van der Waals surface area contributed by atoms with E-state index in [2.05, 4.69) is 10.4 Å². The number of halogens is 3. The molecule has 0 saturated carbocycles. The number of rotatable bonds is 6. The largest absolute Gasteiger partial charge is 0.416 e. The average molecular weight is 421 g/mol. The summed E-state index contributed by atoms with van der Waals surface area (Å²) in [5.74, 6) is -0.299. The second-order valence-electron chi connectivity index (χ2n) is 6.51. The molecule has 3 aromatic rings. The van der Waals surface area contributed by atoms with Crippen LogP contribution in [0.15, 0.2) is 42.5 Å². The van der Waals surface area contributed by atoms with E-state index in [-0.39, 0.29) is 30.1 Å². The summed E-state index contributed by atoms with van der Waals surface area (Å²) in [5.41, 5.74) is -0.103. The molecule has 0 bridgehead atoms. The predicted molar refractivity (Wildman–Crippen MR) is 105 cm³/mol. The van der Waals surface area contributed by atoms with Gasteiger partial charge in [-0.05, 0) is 44.2 Å². The average Bonchev–Trinajstić information content (AvgIpc) is 3.24. The van der Waals surface area contributed by atoms with Crippen molar-refractivity contribution in [1.29, 1.82) is 0 Å². The van der Waals surface area contributed by atoms with E-state index in [1.165, 1.54) is 28.2 Å². The van der Waals surface area contributed by atoms with Crippen molar-refractivity contribution in [2.24, 2.45) is 0 Å². The highest BCUT2D eigenvalue weighted by Crippen LogP contribution is 2.31. The van der Waals surface area contributed by atoms with Crippen LogP contribution in [0.2, 0.25) is 0 Å². The number of ketones is 1. The van der Waals surface area contributed by atoms with Crippen LogP contribution in [-0.2, 0) is 11.0 Å². The Hall–Kier alpha value is -2.94. The fourth-order valence-electron chi connectivity index (χ4n) is 2.74. The fraction of sp³-hybridized carbons (Fsp3) is 0.250. The number of nitrogens with zero attached hydrogens (tertiary/aromatic N) is 2. The van der Waals surface area contributed by atoms with Gasteiger partial charge in [-0.2, -0.15) is 18.3 Å². The summed E-state index contributed by atoms with van der Waals surface area (Å²) in [6.07, 6.45) is -4.48. The van der Waals surface area contributed by atoms with Crippen LogP contribution in [0.1, 0.15) is 38.6 Å². The topological polar surface area (TPSA) is 64.0 Å². The van der Waals surface area contributed by atoms with Crippen LogP contribution in [0, 0.1) is 13.8 Å². The minimum Gasteiger partial charge on any atom is -0.311 e. The summed E-state index contributed by atoms with van der Waals surface area (Å²) in [6, 6.07) is 9.81. The molecule has 5 nitrogen and oxygen atoms in total. The summed E-state index contributed by atoms with van der Waals surface area (Å²) in [6.45, 7) is 3.56. The zero-order valence-electron chi connectivity index (χ0n) is 15.7. The maximum Gasteiger partial charge on any atom is 0.416 e. The summed E-state index contributed by atoms with van der Waals surface area (Å²) in [7, 11) is 0. The number of Topliss-reactive ketones (excluding diaryl/α,β-unsaturated/α-hetero) is 1. The molecule has 2 aromatic heterocycles. The van der Waals surface area contributed by atoms with E-state index in [1.54, 1.807) is 19.1 Å². The van der Waals surface area contributed by atoms with E-state index in [0.717, 1.165) is 17.0 Å². The van der Waals surface area contributed by atoms with Crippen LogP contribution >= 0.6 is 11.3 Å². The van der Waals surface area contributed by atoms with Crippen molar-refractivity contribution in [3.8, 4) is 5.69 Å². The molecule has 0 radical (unpaired) electrons. The Kier molecular flexibility index (Phi) is 5.88. The number of thiophene rings is 1. The minimum absolute atomic E-state index is 0.0391. The molecule has 1 amide bonds. The van der Waals surface area contributed by atoms with Crippen molar-refractivity contribution in [1.82, 2.24) is 9.78 Å². The highest BCUT2D eigenvalue weighted by molar-refractivity contribution is 7.14. The minimum atomic E-state index is -4.48. The number of anilines is 1. The number of benzene rings is 1. The lowest BCUT2D eigenvalue weighted by molar-refractivity contribution is -0.137. The van der Waals surface area contributed by atoms with Gasteiger partial charge in [0.15, 0.2) is 5.78 Å². The Morgan fingerprint density at radius 2 is 1.86 bits per heavy atom. The number of amides is 1. The molecule has 29 heavy (non-hydrogen) atoms. The lowest BCUT2D eigenvalue weighted by Gasteiger charge is -2.11. The van der Waals surface area contributed by atoms with Gasteiger partial charge in [-0.1, -0.05) is 6.07 Å². The number of nitrogens with one attached hydrogen (secondary N) is 1. The lowest BCUT2D eigenvalue weighted by Crippen LogP contribution is -2.16. The van der Waals surface area contributed by atoms with Crippen LogP contribution in [-0.4, -0.2) is 21.5 Å². The number of carbonyl (C=O) groups excluding carboxylic acids is 2. The maximum atomic E-state index is 13.0. The monoisotopic (exact) mass is 421 g/mol. The van der Waals surface area contributed by atoms with Gasteiger partial charge in [0, 0.05) is 23.8 Å². The first kappa shape index (κ1) is 20.8. The quantitative estimate of drug-likeness (QED) is 0.559. The second kappa shape index (κ2) is 8.20. The summed E-state index contributed by atoms with van der Waals surface area (Å²) >= 11 is 1.37. The molecule has 1 aromatic carbocycles. The first-order valence-electron chi connectivity index (χ1n) is 8.77. The predicted octanol–water partition coefficient (Wildman–Crippen LogP) is 5.17. The van der Waals surface area contributed by atoms with Gasteiger partial charge in [-0.3, -0.25) is 9.59 Å². The third kappa shape index (κ3) is 5.11. The maximum absolute atomic E-state index is 13.0. The number of aryl methyl sites for hydroxylation is 2. The summed E-state index contributed by atoms with van der Waals surface area (Å²) in [5, 5.41) is 6.80. The molecular formula is C20H18F3N3O2S. The number of aromatic nitrogens is 2. The third-order valence-corrected chi connectivity index (χ3v) is 5.15. The standard InChI is InChI=1S/C20H18F3N3O2S/c1-12-10-18(24-19(28)9-7-16(27)17-8-6-13(2)29-17)26(25-12)15-5-3-4-14(11-15)20(21,22)23/h3-6,8,10-11H,7,9H2,1-2H3,(H,24,28). The fourth-order valence-corrected chi connectivity index (χ4v) is 3.57. The van der Waals surface area contributed by atoms with Crippen molar-refractivity contribution >= 4 is 28.8 Å². The van der Waals surface area contributed by atoms with E-state index in [4.69, 9.17) is 0 Å². The zero-order valence-corrected chi connectivity index (χ0v) is 16.5. The molecule has 0 unspecified atom stereocenters. The lowest BCUT2D eigenvalue weighted by atomic mass is 10.2. The SMILES string of the molecule is Cc1cc(NC(=O)CCC(=O)c2ccc(C)s2)n(-c2cccc(C(F)(F)F)c2)n1. The van der Waals surface area contributed by atoms with E-state index >= 15 is 0 Å². The molecule has 0 aliphatic carbocycles. The Balaban J connectivity index is 1.72. The Bertz CT molecular complexity index is 1050. The zero-order chi connectivity index (χ0) is 21.2. The van der Waals surface area contributed by atoms with Crippen LogP contribution in [0.3, 0.4) is 0 Å². The normalized spacial score (nSPS) is 11.5. The van der Waals surface area contributed by atoms with Crippen molar-refractivity contribution < 1.29 is 22.8 Å². The Morgan fingerprint density at radius 1 is 1.10 bits per heavy atom. The van der Waals surface area contributed by atoms with Crippen molar-refractivity contribution in [3.05, 3.63) is 63.5 Å². The third-order valence-electron chi connectivity index (χ3n) is 4.11. The van der Waals surface area contributed by atoms with Gasteiger partial charge < -0.3 is 5.32 Å². The molecule has 152 valence electrons. The van der Waals surface area contributed by atoms with E-state index in [0.29, 0.717) is 10.6 Å². The highest BCUT2D eigenvalue weighted by atomic mass is 32.1. The molecule has 0 aliphatic rings. The van der Waals surface area contributed by atoms with Gasteiger partial charge in [-0.15, -0.1) is 11.3 Å².